The van der Waals surface area contributed by atoms with E-state index in [1.165, 1.54) is 32.1 Å². The first kappa shape index (κ1) is 28.7. The van der Waals surface area contributed by atoms with Gasteiger partial charge in [-0.3, -0.25) is 0 Å². The first-order chi connectivity index (χ1) is 16.0. The van der Waals surface area contributed by atoms with Crippen LogP contribution in [0.25, 0.3) is 0 Å². The van der Waals surface area contributed by atoms with Crippen LogP contribution in [0.2, 0.25) is 0 Å². The lowest BCUT2D eigenvalue weighted by Gasteiger charge is -2.22. The van der Waals surface area contributed by atoms with E-state index in [1.807, 2.05) is 20.8 Å². The van der Waals surface area contributed by atoms with Crippen molar-refractivity contribution < 1.29 is 34.0 Å². The zero-order chi connectivity index (χ0) is 24.5. The molecule has 2 N–H and O–H groups in total. The summed E-state index contributed by atoms with van der Waals surface area (Å²) in [6.07, 6.45) is 11.4. The summed E-state index contributed by atoms with van der Waals surface area (Å²) in [7, 11) is 0. The molecule has 0 unspecified atom stereocenters. The van der Waals surface area contributed by atoms with Crippen molar-refractivity contribution in [3.8, 4) is 28.7 Å². The van der Waals surface area contributed by atoms with E-state index < -0.39 is 11.7 Å². The molecule has 0 bridgehead atoms. The van der Waals surface area contributed by atoms with Crippen LogP contribution in [0, 0.1) is 0 Å². The topological polar surface area (TPSA) is 94.5 Å². The molecule has 7 nitrogen and oxygen atoms in total. The van der Waals surface area contributed by atoms with Gasteiger partial charge in [0.15, 0.2) is 17.1 Å². The second-order valence-electron chi connectivity index (χ2n) is 8.21. The van der Waals surface area contributed by atoms with Gasteiger partial charge < -0.3 is 29.2 Å². The zero-order valence-corrected chi connectivity index (χ0v) is 21.0. The van der Waals surface area contributed by atoms with Gasteiger partial charge in [0, 0.05) is 0 Å². The molecule has 0 amide bonds. The Kier molecular flexibility index (Phi) is 15.0. The lowest BCUT2D eigenvalue weighted by Crippen LogP contribution is -2.12. The van der Waals surface area contributed by atoms with Gasteiger partial charge in [-0.1, -0.05) is 72.6 Å². The minimum Gasteiger partial charge on any atom is -0.503 e. The Bertz CT molecular complexity index is 688. The normalized spacial score (nSPS) is 10.8. The average molecular weight is 469 g/mol. The van der Waals surface area contributed by atoms with Crippen LogP contribution in [-0.2, 0) is 0 Å². The lowest BCUT2D eigenvalue weighted by atomic mass is 10.1. The second-order valence-corrected chi connectivity index (χ2v) is 8.21. The standard InChI is InChI=1S/C26H44O7/c1-5-9-10-11-12-13-14-15-19-33-23-21(27)20(26(28)29)22(30-16-6-2)24(31-17-7-3)25(23)32-18-8-4/h27H,5-19H2,1-4H3,(H,28,29). The van der Waals surface area contributed by atoms with Crippen LogP contribution in [0.3, 0.4) is 0 Å². The molecule has 0 aliphatic carbocycles. The minimum absolute atomic E-state index is 0.0127. The van der Waals surface area contributed by atoms with Crippen LogP contribution in [0.5, 0.6) is 28.7 Å². The third-order valence-electron chi connectivity index (χ3n) is 5.11. The highest BCUT2D eigenvalue weighted by molar-refractivity contribution is 5.97. The summed E-state index contributed by atoms with van der Waals surface area (Å²) in [5.41, 5.74) is -0.357. The van der Waals surface area contributed by atoms with E-state index in [0.717, 1.165) is 32.1 Å². The monoisotopic (exact) mass is 468 g/mol. The molecule has 0 aromatic heterocycles. The summed E-state index contributed by atoms with van der Waals surface area (Å²) in [6, 6.07) is 0. The van der Waals surface area contributed by atoms with Crippen molar-refractivity contribution in [1.29, 1.82) is 0 Å². The molecule has 0 heterocycles. The van der Waals surface area contributed by atoms with Crippen molar-refractivity contribution in [3.05, 3.63) is 5.56 Å². The SMILES string of the molecule is CCCCCCCCCCOc1c(O)c(C(=O)O)c(OCCC)c(OCCC)c1OCCC. The highest BCUT2D eigenvalue weighted by Crippen LogP contribution is 2.53. The summed E-state index contributed by atoms with van der Waals surface area (Å²) in [4.78, 5) is 12.0. The van der Waals surface area contributed by atoms with E-state index in [-0.39, 0.29) is 35.2 Å². The van der Waals surface area contributed by atoms with Gasteiger partial charge >= 0.3 is 5.97 Å². The number of benzene rings is 1. The molecule has 0 atom stereocenters. The quantitative estimate of drug-likeness (QED) is 0.199. The number of aromatic hydroxyl groups is 1. The molecule has 0 saturated carbocycles. The Morgan fingerprint density at radius 2 is 1.00 bits per heavy atom. The van der Waals surface area contributed by atoms with Gasteiger partial charge in [-0.15, -0.1) is 0 Å². The predicted octanol–water partition coefficient (Wildman–Crippen LogP) is 6.98. The lowest BCUT2D eigenvalue weighted by molar-refractivity contribution is 0.0685. The van der Waals surface area contributed by atoms with Gasteiger partial charge in [0.2, 0.25) is 17.2 Å². The minimum atomic E-state index is -1.31. The molecular formula is C26H44O7. The summed E-state index contributed by atoms with van der Waals surface area (Å²) in [5.74, 6) is -1.40. The zero-order valence-electron chi connectivity index (χ0n) is 21.0. The number of carboxylic acid groups (broad SMARTS) is 1. The second kappa shape index (κ2) is 17.2. The maximum absolute atomic E-state index is 12.0. The maximum atomic E-state index is 12.0. The van der Waals surface area contributed by atoms with Gasteiger partial charge in [-0.2, -0.15) is 0 Å². The molecule has 33 heavy (non-hydrogen) atoms. The highest BCUT2D eigenvalue weighted by Gasteiger charge is 2.32. The Morgan fingerprint density at radius 1 is 0.576 bits per heavy atom. The van der Waals surface area contributed by atoms with E-state index in [9.17, 15) is 15.0 Å². The number of ether oxygens (including phenoxy) is 4. The number of carbonyl (C=O) groups is 1. The van der Waals surface area contributed by atoms with Crippen LogP contribution in [0.15, 0.2) is 0 Å². The fraction of sp³-hybridized carbons (Fsp3) is 0.731. The summed E-state index contributed by atoms with van der Waals surface area (Å²) >= 11 is 0. The first-order valence-corrected chi connectivity index (χ1v) is 12.7. The van der Waals surface area contributed by atoms with Gasteiger partial charge in [0.05, 0.1) is 26.4 Å². The van der Waals surface area contributed by atoms with Crippen molar-refractivity contribution in [2.45, 2.75) is 98.3 Å². The fourth-order valence-corrected chi connectivity index (χ4v) is 3.40. The van der Waals surface area contributed by atoms with Crippen LogP contribution in [-0.4, -0.2) is 42.6 Å². The van der Waals surface area contributed by atoms with Gasteiger partial charge in [0.1, 0.15) is 0 Å². The van der Waals surface area contributed by atoms with Gasteiger partial charge in [-0.05, 0) is 25.7 Å². The third kappa shape index (κ3) is 9.60. The Labute approximate surface area is 199 Å². The number of aromatic carboxylic acids is 1. The van der Waals surface area contributed by atoms with Crippen molar-refractivity contribution >= 4 is 5.97 Å². The maximum Gasteiger partial charge on any atom is 0.343 e. The number of hydrogen-bond acceptors (Lipinski definition) is 6. The fourth-order valence-electron chi connectivity index (χ4n) is 3.40. The van der Waals surface area contributed by atoms with Crippen LogP contribution >= 0.6 is 0 Å². The Morgan fingerprint density at radius 3 is 1.48 bits per heavy atom. The Hall–Kier alpha value is -2.31. The average Bonchev–Trinajstić information content (AvgIpc) is 2.80. The van der Waals surface area contributed by atoms with Crippen molar-refractivity contribution in [3.63, 3.8) is 0 Å². The van der Waals surface area contributed by atoms with Crippen LogP contribution < -0.4 is 18.9 Å². The molecule has 1 aromatic carbocycles. The van der Waals surface area contributed by atoms with E-state index in [0.29, 0.717) is 26.2 Å². The molecule has 0 radical (unpaired) electrons. The first-order valence-electron chi connectivity index (χ1n) is 12.7. The molecule has 7 heteroatoms. The molecule has 1 aromatic rings. The predicted molar refractivity (Wildman–Crippen MR) is 131 cm³/mol. The molecule has 0 saturated heterocycles. The highest BCUT2D eigenvalue weighted by atomic mass is 16.6. The number of phenols is 1. The number of carboxylic acids is 1. The van der Waals surface area contributed by atoms with Crippen LogP contribution in [0.4, 0.5) is 0 Å². The van der Waals surface area contributed by atoms with Crippen molar-refractivity contribution in [2.24, 2.45) is 0 Å². The van der Waals surface area contributed by atoms with E-state index in [4.69, 9.17) is 18.9 Å². The smallest absolute Gasteiger partial charge is 0.343 e. The Balaban J connectivity index is 3.12. The number of rotatable bonds is 20. The molecular weight excluding hydrogens is 424 g/mol. The van der Waals surface area contributed by atoms with Gasteiger partial charge in [-0.25, -0.2) is 4.79 Å². The largest absolute Gasteiger partial charge is 0.503 e. The van der Waals surface area contributed by atoms with E-state index in [1.54, 1.807) is 0 Å². The van der Waals surface area contributed by atoms with E-state index in [2.05, 4.69) is 6.92 Å². The van der Waals surface area contributed by atoms with Crippen LogP contribution in [0.1, 0.15) is 109 Å². The van der Waals surface area contributed by atoms with Crippen molar-refractivity contribution in [1.82, 2.24) is 0 Å². The number of unbranched alkanes of at least 4 members (excludes halogenated alkanes) is 7. The van der Waals surface area contributed by atoms with Crippen molar-refractivity contribution in [2.75, 3.05) is 26.4 Å². The molecule has 0 spiro atoms. The summed E-state index contributed by atoms with van der Waals surface area (Å²) in [5, 5.41) is 20.7. The van der Waals surface area contributed by atoms with E-state index >= 15 is 0 Å². The third-order valence-corrected chi connectivity index (χ3v) is 5.11. The molecule has 190 valence electrons. The molecule has 1 rings (SSSR count). The number of hydrogen-bond donors (Lipinski definition) is 2. The summed E-state index contributed by atoms with van der Waals surface area (Å²) in [6.45, 7) is 9.41. The molecule has 0 fully saturated rings. The molecule has 0 aliphatic heterocycles. The molecule has 0 aliphatic rings. The summed E-state index contributed by atoms with van der Waals surface area (Å²) < 4.78 is 23.4. The van der Waals surface area contributed by atoms with Gasteiger partial charge in [0.25, 0.3) is 0 Å².